The number of nitrogens with one attached hydrogen (secondary N) is 1. The summed E-state index contributed by atoms with van der Waals surface area (Å²) in [5.74, 6) is 1.21. The Morgan fingerprint density at radius 2 is 1.82 bits per heavy atom. The lowest BCUT2D eigenvalue weighted by molar-refractivity contribution is 0.0728. The molecule has 0 unspecified atom stereocenters. The first-order chi connectivity index (χ1) is 10.6. The van der Waals surface area contributed by atoms with E-state index in [9.17, 15) is 8.78 Å². The molecule has 0 aliphatic carbocycles. The van der Waals surface area contributed by atoms with Gasteiger partial charge in [-0.25, -0.2) is 8.78 Å². The van der Waals surface area contributed by atoms with Gasteiger partial charge in [0.05, 0.1) is 18.7 Å². The molecule has 2 rings (SSSR count). The summed E-state index contributed by atoms with van der Waals surface area (Å²) < 4.78 is 37.7. The number of halogens is 3. The lowest BCUT2D eigenvalue weighted by Gasteiger charge is -2.36. The van der Waals surface area contributed by atoms with Crippen molar-refractivity contribution in [3.8, 4) is 11.5 Å². The predicted molar refractivity (Wildman–Crippen MR) is 85.1 cm³/mol. The molecule has 1 aliphatic rings. The summed E-state index contributed by atoms with van der Waals surface area (Å²) >= 11 is 3.40. The van der Waals surface area contributed by atoms with E-state index in [0.717, 1.165) is 36.2 Å². The van der Waals surface area contributed by atoms with Crippen LogP contribution in [0.25, 0.3) is 0 Å². The van der Waals surface area contributed by atoms with Crippen LogP contribution in [0.1, 0.15) is 18.0 Å². The molecule has 1 aromatic carbocycles. The SMILES string of the molecule is COc1cc([C@@H](CC(F)F)N2CCNCC2)c(OC)cc1Br. The Bertz CT molecular complexity index is 497. The van der Waals surface area contributed by atoms with Crippen LogP contribution in [0.3, 0.4) is 0 Å². The Morgan fingerprint density at radius 1 is 1.18 bits per heavy atom. The van der Waals surface area contributed by atoms with Crippen LogP contribution in [0.15, 0.2) is 16.6 Å². The lowest BCUT2D eigenvalue weighted by atomic mass is 9.99. The number of hydrogen-bond donors (Lipinski definition) is 1. The average molecular weight is 379 g/mol. The number of methoxy groups -OCH3 is 2. The fourth-order valence-electron chi connectivity index (χ4n) is 2.78. The molecule has 0 spiro atoms. The second kappa shape index (κ2) is 8.08. The molecular weight excluding hydrogens is 358 g/mol. The van der Waals surface area contributed by atoms with E-state index in [-0.39, 0.29) is 12.5 Å². The van der Waals surface area contributed by atoms with Gasteiger partial charge < -0.3 is 14.8 Å². The van der Waals surface area contributed by atoms with Crippen LogP contribution in [-0.2, 0) is 0 Å². The van der Waals surface area contributed by atoms with E-state index in [1.54, 1.807) is 26.4 Å². The molecule has 1 fully saturated rings. The van der Waals surface area contributed by atoms with Crippen LogP contribution in [0.4, 0.5) is 8.78 Å². The van der Waals surface area contributed by atoms with Crippen LogP contribution in [0.5, 0.6) is 11.5 Å². The smallest absolute Gasteiger partial charge is 0.240 e. The van der Waals surface area contributed by atoms with Gasteiger partial charge in [-0.15, -0.1) is 0 Å². The van der Waals surface area contributed by atoms with Gasteiger partial charge in [0.15, 0.2) is 0 Å². The second-order valence-electron chi connectivity index (χ2n) is 5.16. The number of alkyl halides is 2. The highest BCUT2D eigenvalue weighted by molar-refractivity contribution is 9.10. The highest BCUT2D eigenvalue weighted by atomic mass is 79.9. The first-order valence-electron chi connectivity index (χ1n) is 7.21. The molecule has 7 heteroatoms. The van der Waals surface area contributed by atoms with Gasteiger partial charge in [0.1, 0.15) is 11.5 Å². The molecule has 1 aromatic rings. The first-order valence-corrected chi connectivity index (χ1v) is 8.00. The number of ether oxygens (including phenoxy) is 2. The first kappa shape index (κ1) is 17.4. The van der Waals surface area contributed by atoms with Crippen LogP contribution in [-0.4, -0.2) is 51.7 Å². The third-order valence-electron chi connectivity index (χ3n) is 3.86. The number of piperazine rings is 1. The molecule has 0 aromatic heterocycles. The minimum absolute atomic E-state index is 0.221. The molecule has 0 saturated carbocycles. The van der Waals surface area contributed by atoms with Crippen molar-refractivity contribution in [2.75, 3.05) is 40.4 Å². The molecule has 1 N–H and O–H groups in total. The fraction of sp³-hybridized carbons (Fsp3) is 0.600. The predicted octanol–water partition coefficient (Wildman–Crippen LogP) is 3.07. The Morgan fingerprint density at radius 3 is 2.36 bits per heavy atom. The number of rotatable bonds is 6. The Balaban J connectivity index is 2.40. The van der Waals surface area contributed by atoms with Crippen molar-refractivity contribution in [3.05, 3.63) is 22.2 Å². The molecule has 0 amide bonds. The van der Waals surface area contributed by atoms with Crippen LogP contribution < -0.4 is 14.8 Å². The molecule has 1 heterocycles. The standard InChI is InChI=1S/C15H21BrF2N2O2/c1-21-13-8-11(16)14(22-2)7-10(13)12(9-15(17)18)20-5-3-19-4-6-20/h7-8,12,15,19H,3-6,9H2,1-2H3/t12-/m1/s1. The molecule has 22 heavy (non-hydrogen) atoms. The highest BCUT2D eigenvalue weighted by Crippen LogP contribution is 2.40. The van der Waals surface area contributed by atoms with Gasteiger partial charge in [-0.2, -0.15) is 0 Å². The molecule has 1 aliphatic heterocycles. The molecule has 1 saturated heterocycles. The summed E-state index contributed by atoms with van der Waals surface area (Å²) in [5.41, 5.74) is 0.741. The Labute approximate surface area is 137 Å². The van der Waals surface area contributed by atoms with E-state index in [1.807, 2.05) is 0 Å². The van der Waals surface area contributed by atoms with Crippen molar-refractivity contribution in [1.29, 1.82) is 0 Å². The minimum atomic E-state index is -2.38. The fourth-order valence-corrected chi connectivity index (χ4v) is 3.26. The van der Waals surface area contributed by atoms with E-state index >= 15 is 0 Å². The largest absolute Gasteiger partial charge is 0.496 e. The summed E-state index contributed by atoms with van der Waals surface area (Å²) in [6.07, 6.45) is -2.60. The van der Waals surface area contributed by atoms with Gasteiger partial charge in [0.25, 0.3) is 0 Å². The number of benzene rings is 1. The maximum atomic E-state index is 13.1. The van der Waals surface area contributed by atoms with Crippen LogP contribution in [0, 0.1) is 0 Å². The van der Waals surface area contributed by atoms with Crippen LogP contribution >= 0.6 is 15.9 Å². The second-order valence-corrected chi connectivity index (χ2v) is 6.01. The average Bonchev–Trinajstić information content (AvgIpc) is 2.53. The minimum Gasteiger partial charge on any atom is -0.496 e. The van der Waals surface area contributed by atoms with Crippen molar-refractivity contribution in [2.45, 2.75) is 18.9 Å². The van der Waals surface area contributed by atoms with Gasteiger partial charge in [-0.3, -0.25) is 4.90 Å². The summed E-state index contributed by atoms with van der Waals surface area (Å²) in [6, 6.07) is 3.17. The van der Waals surface area contributed by atoms with Gasteiger partial charge >= 0.3 is 0 Å². The third-order valence-corrected chi connectivity index (χ3v) is 4.48. The third kappa shape index (κ3) is 4.08. The van der Waals surface area contributed by atoms with Crippen molar-refractivity contribution in [1.82, 2.24) is 10.2 Å². The highest BCUT2D eigenvalue weighted by Gasteiger charge is 2.28. The summed E-state index contributed by atoms with van der Waals surface area (Å²) in [7, 11) is 3.11. The topological polar surface area (TPSA) is 33.7 Å². The van der Waals surface area contributed by atoms with Gasteiger partial charge in [0.2, 0.25) is 6.43 Å². The van der Waals surface area contributed by atoms with Gasteiger partial charge in [0, 0.05) is 44.2 Å². The van der Waals surface area contributed by atoms with E-state index in [4.69, 9.17) is 9.47 Å². The monoisotopic (exact) mass is 378 g/mol. The molecule has 0 radical (unpaired) electrons. The van der Waals surface area contributed by atoms with Crippen molar-refractivity contribution in [2.24, 2.45) is 0 Å². The Hall–Kier alpha value is -0.920. The van der Waals surface area contributed by atoms with E-state index in [0.29, 0.717) is 11.5 Å². The molecular formula is C15H21BrF2N2O2. The maximum absolute atomic E-state index is 13.1. The van der Waals surface area contributed by atoms with Gasteiger partial charge in [-0.05, 0) is 28.1 Å². The molecule has 1 atom stereocenters. The molecule has 0 bridgehead atoms. The van der Waals surface area contributed by atoms with E-state index in [2.05, 4.69) is 26.1 Å². The molecule has 124 valence electrons. The van der Waals surface area contributed by atoms with E-state index in [1.165, 1.54) is 0 Å². The lowest BCUT2D eigenvalue weighted by Crippen LogP contribution is -2.45. The zero-order valence-corrected chi connectivity index (χ0v) is 14.3. The van der Waals surface area contributed by atoms with Crippen molar-refractivity contribution >= 4 is 15.9 Å². The van der Waals surface area contributed by atoms with E-state index < -0.39 is 6.43 Å². The normalized spacial score (nSPS) is 17.5. The van der Waals surface area contributed by atoms with Crippen LogP contribution in [0.2, 0.25) is 0 Å². The Kier molecular flexibility index (Phi) is 6.40. The van der Waals surface area contributed by atoms with Gasteiger partial charge in [-0.1, -0.05) is 0 Å². The number of hydrogen-bond acceptors (Lipinski definition) is 4. The summed E-state index contributed by atoms with van der Waals surface area (Å²) in [5, 5.41) is 3.24. The quantitative estimate of drug-likeness (QED) is 0.824. The molecule has 4 nitrogen and oxygen atoms in total. The van der Waals surface area contributed by atoms with Crippen molar-refractivity contribution < 1.29 is 18.3 Å². The number of nitrogens with zero attached hydrogens (tertiary/aromatic N) is 1. The van der Waals surface area contributed by atoms with Crippen molar-refractivity contribution in [3.63, 3.8) is 0 Å². The summed E-state index contributed by atoms with van der Waals surface area (Å²) in [6.45, 7) is 3.07. The maximum Gasteiger partial charge on any atom is 0.240 e. The summed E-state index contributed by atoms with van der Waals surface area (Å²) in [4.78, 5) is 2.08. The zero-order chi connectivity index (χ0) is 16.1. The zero-order valence-electron chi connectivity index (χ0n) is 12.7.